The van der Waals surface area contributed by atoms with Gasteiger partial charge in [-0.3, -0.25) is 0 Å². The Kier molecular flexibility index (Phi) is 3.90. The van der Waals surface area contributed by atoms with Crippen molar-refractivity contribution in [2.24, 2.45) is 4.99 Å². The lowest BCUT2D eigenvalue weighted by molar-refractivity contribution is -0.137. The molecule has 2 aliphatic rings. The molecule has 1 aromatic rings. The molecular formula is C15H8ClF6NO. The van der Waals surface area contributed by atoms with Crippen molar-refractivity contribution < 1.29 is 31.1 Å². The highest BCUT2D eigenvalue weighted by Gasteiger charge is 2.45. The second-order valence-electron chi connectivity index (χ2n) is 5.15. The molecule has 0 fully saturated rings. The summed E-state index contributed by atoms with van der Waals surface area (Å²) in [6, 6.07) is 2.94. The number of allylic oxidation sites excluding steroid dienone is 2. The summed E-state index contributed by atoms with van der Waals surface area (Å²) in [6.45, 7) is 0. The van der Waals surface area contributed by atoms with Crippen molar-refractivity contribution >= 4 is 17.5 Å². The van der Waals surface area contributed by atoms with Gasteiger partial charge in [0.05, 0.1) is 10.6 Å². The van der Waals surface area contributed by atoms with Gasteiger partial charge >= 0.3 is 12.4 Å². The molecule has 1 heterocycles. The fraction of sp³-hybridized carbons (Fsp3) is 0.267. The average Bonchev–Trinajstić information content (AvgIpc) is 2.88. The predicted molar refractivity (Wildman–Crippen MR) is 74.5 cm³/mol. The van der Waals surface area contributed by atoms with Crippen molar-refractivity contribution in [3.05, 3.63) is 57.8 Å². The number of halogens is 7. The van der Waals surface area contributed by atoms with Gasteiger partial charge in [0.1, 0.15) is 17.4 Å². The molecule has 24 heavy (non-hydrogen) atoms. The van der Waals surface area contributed by atoms with Crippen molar-refractivity contribution in [3.8, 4) is 0 Å². The fourth-order valence-electron chi connectivity index (χ4n) is 2.42. The Balaban J connectivity index is 1.93. The highest BCUT2D eigenvalue weighted by Crippen LogP contribution is 2.43. The second kappa shape index (κ2) is 5.54. The molecule has 1 aliphatic heterocycles. The van der Waals surface area contributed by atoms with Gasteiger partial charge in [0.25, 0.3) is 0 Å². The van der Waals surface area contributed by atoms with Crippen LogP contribution in [-0.2, 0) is 10.9 Å². The van der Waals surface area contributed by atoms with Crippen LogP contribution in [-0.4, -0.2) is 18.1 Å². The lowest BCUT2D eigenvalue weighted by Gasteiger charge is -2.20. The van der Waals surface area contributed by atoms with Crippen molar-refractivity contribution in [2.75, 3.05) is 0 Å². The molecule has 0 bridgehead atoms. The van der Waals surface area contributed by atoms with Gasteiger partial charge < -0.3 is 4.74 Å². The number of hydrogen-bond acceptors (Lipinski definition) is 2. The zero-order valence-corrected chi connectivity index (χ0v) is 12.4. The van der Waals surface area contributed by atoms with E-state index in [-0.39, 0.29) is 17.9 Å². The Morgan fingerprint density at radius 2 is 1.62 bits per heavy atom. The van der Waals surface area contributed by atoms with Crippen LogP contribution in [0.1, 0.15) is 17.5 Å². The summed E-state index contributed by atoms with van der Waals surface area (Å²) in [5.74, 6) is -0.588. The van der Waals surface area contributed by atoms with E-state index in [0.717, 1.165) is 24.3 Å². The maximum Gasteiger partial charge on any atom is 0.421 e. The van der Waals surface area contributed by atoms with Crippen LogP contribution in [0, 0.1) is 0 Å². The molecule has 0 saturated carbocycles. The summed E-state index contributed by atoms with van der Waals surface area (Å²) in [5.41, 5.74) is -1.82. The first-order chi connectivity index (χ1) is 11.1. The van der Waals surface area contributed by atoms with Gasteiger partial charge in [0.2, 0.25) is 5.90 Å². The molecule has 0 saturated heterocycles. The lowest BCUT2D eigenvalue weighted by atomic mass is 10.0. The molecule has 0 aromatic heterocycles. The third-order valence-electron chi connectivity index (χ3n) is 3.53. The van der Waals surface area contributed by atoms with Crippen LogP contribution in [0.2, 0.25) is 0 Å². The van der Waals surface area contributed by atoms with Crippen LogP contribution in [0.25, 0.3) is 0 Å². The molecular weight excluding hydrogens is 360 g/mol. The molecule has 3 rings (SSSR count). The molecule has 9 heteroatoms. The minimum absolute atomic E-state index is 0.123. The number of fused-ring (bicyclic) bond motifs is 1. The van der Waals surface area contributed by atoms with Gasteiger partial charge in [-0.05, 0) is 30.7 Å². The van der Waals surface area contributed by atoms with Gasteiger partial charge in [-0.1, -0.05) is 17.7 Å². The van der Waals surface area contributed by atoms with Gasteiger partial charge in [-0.15, -0.1) is 0 Å². The summed E-state index contributed by atoms with van der Waals surface area (Å²) in [4.78, 5) is 4.02. The third kappa shape index (κ3) is 3.02. The van der Waals surface area contributed by atoms with Crippen LogP contribution in [0.15, 0.2) is 51.7 Å². The first-order valence-electron chi connectivity index (χ1n) is 6.68. The Morgan fingerprint density at radius 1 is 1.00 bits per heavy atom. The highest BCUT2D eigenvalue weighted by molar-refractivity contribution is 6.32. The average molecular weight is 368 g/mol. The van der Waals surface area contributed by atoms with E-state index in [9.17, 15) is 26.3 Å². The van der Waals surface area contributed by atoms with Gasteiger partial charge in [0.15, 0.2) is 0 Å². The smallest absolute Gasteiger partial charge is 0.421 e. The predicted octanol–water partition coefficient (Wildman–Crippen LogP) is 5.19. The fourth-order valence-corrected chi connectivity index (χ4v) is 2.71. The molecule has 0 N–H and O–H groups in total. The van der Waals surface area contributed by atoms with Crippen LogP contribution >= 0.6 is 11.6 Å². The van der Waals surface area contributed by atoms with Gasteiger partial charge in [0, 0.05) is 5.56 Å². The number of aliphatic imine (C=N–C) groups is 1. The normalized spacial score (nSPS) is 21.2. The first kappa shape index (κ1) is 16.9. The molecule has 1 atom stereocenters. The van der Waals surface area contributed by atoms with Crippen LogP contribution < -0.4 is 0 Å². The van der Waals surface area contributed by atoms with E-state index in [1.165, 1.54) is 6.08 Å². The van der Waals surface area contributed by atoms with Crippen LogP contribution in [0.5, 0.6) is 0 Å². The van der Waals surface area contributed by atoms with E-state index in [2.05, 4.69) is 4.99 Å². The number of alkyl halides is 6. The van der Waals surface area contributed by atoms with E-state index < -0.39 is 40.3 Å². The number of ether oxygens (including phenoxy) is 1. The number of nitrogens with zero attached hydrogens (tertiary/aromatic N) is 1. The summed E-state index contributed by atoms with van der Waals surface area (Å²) in [5, 5.41) is -0.474. The molecule has 2 nitrogen and oxygen atoms in total. The molecule has 0 spiro atoms. The van der Waals surface area contributed by atoms with Gasteiger partial charge in [-0.25, -0.2) is 4.99 Å². The Hall–Kier alpha value is -1.96. The van der Waals surface area contributed by atoms with E-state index >= 15 is 0 Å². The summed E-state index contributed by atoms with van der Waals surface area (Å²) in [6.07, 6.45) is -7.90. The second-order valence-corrected chi connectivity index (χ2v) is 5.56. The number of rotatable bonds is 1. The molecule has 0 radical (unpaired) electrons. The molecule has 1 aliphatic carbocycles. The molecule has 1 aromatic carbocycles. The summed E-state index contributed by atoms with van der Waals surface area (Å²) >= 11 is 5.63. The van der Waals surface area contributed by atoms with Crippen molar-refractivity contribution in [1.82, 2.24) is 0 Å². The topological polar surface area (TPSA) is 21.6 Å². The Bertz CT molecular complexity index is 758. The molecule has 1 unspecified atom stereocenters. The maximum atomic E-state index is 13.1. The standard InChI is InChI=1S/C15H8ClF6NO/c16-9-5-6-10-12(11(9)15(20,21)22)24-13(23-10)7-1-3-8(4-2-7)14(17,18)19/h1-5,10H,6H2. The van der Waals surface area contributed by atoms with E-state index in [1.54, 1.807) is 0 Å². The number of benzene rings is 1. The monoisotopic (exact) mass is 367 g/mol. The first-order valence-corrected chi connectivity index (χ1v) is 7.06. The zero-order valence-electron chi connectivity index (χ0n) is 11.7. The van der Waals surface area contributed by atoms with E-state index in [0.29, 0.717) is 0 Å². The quantitative estimate of drug-likeness (QED) is 0.626. The SMILES string of the molecule is FC(F)(F)C1=C2OC(c3ccc(C(F)(F)F)cc3)=NC2CC=C1Cl. The maximum absolute atomic E-state index is 13.1. The van der Waals surface area contributed by atoms with Crippen molar-refractivity contribution in [1.29, 1.82) is 0 Å². The lowest BCUT2D eigenvalue weighted by Crippen LogP contribution is -2.22. The Morgan fingerprint density at radius 3 is 2.17 bits per heavy atom. The third-order valence-corrected chi connectivity index (χ3v) is 3.87. The van der Waals surface area contributed by atoms with Crippen molar-refractivity contribution in [2.45, 2.75) is 24.8 Å². The van der Waals surface area contributed by atoms with Crippen molar-refractivity contribution in [3.63, 3.8) is 0 Å². The van der Waals surface area contributed by atoms with E-state index in [4.69, 9.17) is 16.3 Å². The highest BCUT2D eigenvalue weighted by atomic mass is 35.5. The van der Waals surface area contributed by atoms with Gasteiger partial charge in [-0.2, -0.15) is 26.3 Å². The summed E-state index contributed by atoms with van der Waals surface area (Å²) < 4.78 is 82.1. The van der Waals surface area contributed by atoms with Crippen LogP contribution in [0.3, 0.4) is 0 Å². The zero-order chi connectivity index (χ0) is 17.7. The number of hydrogen-bond donors (Lipinski definition) is 0. The molecule has 0 amide bonds. The Labute approximate surface area is 137 Å². The van der Waals surface area contributed by atoms with E-state index in [1.807, 2.05) is 0 Å². The minimum atomic E-state index is -4.72. The minimum Gasteiger partial charge on any atom is -0.440 e. The van der Waals surface area contributed by atoms with Crippen LogP contribution in [0.4, 0.5) is 26.3 Å². The molecule has 128 valence electrons. The summed E-state index contributed by atoms with van der Waals surface area (Å²) in [7, 11) is 0. The largest absolute Gasteiger partial charge is 0.440 e.